The smallest absolute Gasteiger partial charge is 0.410 e. The Morgan fingerprint density at radius 1 is 1.11 bits per heavy atom. The lowest BCUT2D eigenvalue weighted by molar-refractivity contribution is -0.0191. The molecule has 0 unspecified atom stereocenters. The molecule has 4 aliphatic rings. The fraction of sp³-hybridized carbons (Fsp3) is 0.529. The number of hydrogen-bond acceptors (Lipinski definition) is 9. The van der Waals surface area contributed by atoms with E-state index in [1.807, 2.05) is 51.2 Å². The molecule has 1 amide bonds. The topological polar surface area (TPSA) is 156 Å². The number of aryl methyl sites for hydroxylation is 1. The van der Waals surface area contributed by atoms with Gasteiger partial charge in [-0.25, -0.2) is 19.6 Å². The van der Waals surface area contributed by atoms with Gasteiger partial charge >= 0.3 is 12.1 Å². The molecule has 2 aromatic heterocycles. The molecule has 0 bridgehead atoms. The Labute approximate surface area is 268 Å². The van der Waals surface area contributed by atoms with Crippen LogP contribution in [0.3, 0.4) is 0 Å². The number of H-pyrrole nitrogens is 1. The summed E-state index contributed by atoms with van der Waals surface area (Å²) in [7, 11) is 0. The van der Waals surface area contributed by atoms with E-state index in [1.165, 1.54) is 0 Å². The summed E-state index contributed by atoms with van der Waals surface area (Å²) >= 11 is 0. The second-order valence-electron chi connectivity index (χ2n) is 14.0. The molecule has 12 nitrogen and oxygen atoms in total. The fourth-order valence-electron chi connectivity index (χ4n) is 7.00. The van der Waals surface area contributed by atoms with E-state index in [4.69, 9.17) is 24.9 Å². The standard InChI is InChI=1S/C34H42N6O6/c1-32(2,3)46-31(43)40-19-33(20-40,34(35)10-11-34)28-25(30(41)42)24-9-6-22-18-36-29(38-26(22)27(24)37-28)21-4-7-23(8-5-21)45-17-14-39-12-15-44-16-13-39/h4-5,7-8,18,37H,6,9-17,19-20,35H2,1-3H3,(H,41,42). The van der Waals surface area contributed by atoms with Crippen LogP contribution in [0.1, 0.15) is 60.8 Å². The molecule has 46 heavy (non-hydrogen) atoms. The molecule has 7 rings (SSSR count). The average molecular weight is 631 g/mol. The molecule has 3 aromatic rings. The molecule has 0 atom stereocenters. The van der Waals surface area contributed by atoms with Gasteiger partial charge in [-0.3, -0.25) is 4.90 Å². The van der Waals surface area contributed by atoms with E-state index in [-0.39, 0.29) is 5.56 Å². The second-order valence-corrected chi connectivity index (χ2v) is 14.0. The van der Waals surface area contributed by atoms with E-state index < -0.39 is 28.6 Å². The van der Waals surface area contributed by atoms with Gasteiger partial charge in [0.15, 0.2) is 5.82 Å². The maximum atomic E-state index is 12.9. The number of fused-ring (bicyclic) bond motifs is 3. The van der Waals surface area contributed by atoms with Crippen LogP contribution in [0, 0.1) is 0 Å². The first kappa shape index (κ1) is 30.6. The van der Waals surface area contributed by atoms with Gasteiger partial charge in [-0.05, 0) is 81.8 Å². The Kier molecular flexibility index (Phi) is 7.57. The van der Waals surface area contributed by atoms with Gasteiger partial charge in [-0.2, -0.15) is 0 Å². The number of nitrogens with two attached hydrogens (primary N) is 1. The van der Waals surface area contributed by atoms with Crippen molar-refractivity contribution >= 4 is 12.1 Å². The van der Waals surface area contributed by atoms with Gasteiger partial charge in [0.2, 0.25) is 0 Å². The molecule has 4 heterocycles. The molecule has 2 aliphatic carbocycles. The average Bonchev–Trinajstić information content (AvgIpc) is 3.62. The molecule has 0 spiro atoms. The number of morpholine rings is 1. The number of benzene rings is 1. The summed E-state index contributed by atoms with van der Waals surface area (Å²) in [5.41, 5.74) is 9.66. The SMILES string of the molecule is CC(C)(C)OC(=O)N1CC(c2[nH]c3c(c2C(=O)O)CCc2cnc(-c4ccc(OCCN5CCOCC5)cc4)nc2-3)(C2(N)CC2)C1. The molecule has 3 fully saturated rings. The number of hydrogen-bond donors (Lipinski definition) is 3. The van der Waals surface area contributed by atoms with Crippen molar-refractivity contribution in [2.75, 3.05) is 52.5 Å². The summed E-state index contributed by atoms with van der Waals surface area (Å²) < 4.78 is 17.0. The number of aromatic nitrogens is 3. The Morgan fingerprint density at radius 2 is 1.83 bits per heavy atom. The summed E-state index contributed by atoms with van der Waals surface area (Å²) in [6.07, 6.45) is 4.10. The molecule has 2 aliphatic heterocycles. The third kappa shape index (κ3) is 5.52. The van der Waals surface area contributed by atoms with E-state index in [0.29, 0.717) is 55.4 Å². The Morgan fingerprint density at radius 3 is 2.48 bits per heavy atom. The number of amides is 1. The van der Waals surface area contributed by atoms with Gasteiger partial charge in [-0.15, -0.1) is 0 Å². The number of rotatable bonds is 8. The third-order valence-corrected chi connectivity index (χ3v) is 9.75. The highest BCUT2D eigenvalue weighted by molar-refractivity contribution is 5.95. The monoisotopic (exact) mass is 630 g/mol. The van der Waals surface area contributed by atoms with E-state index in [9.17, 15) is 14.7 Å². The molecule has 1 aromatic carbocycles. The third-order valence-electron chi connectivity index (χ3n) is 9.75. The van der Waals surface area contributed by atoms with Gasteiger partial charge in [0.05, 0.1) is 35.6 Å². The van der Waals surface area contributed by atoms with Crippen LogP contribution in [0.25, 0.3) is 22.8 Å². The lowest BCUT2D eigenvalue weighted by Gasteiger charge is -2.53. The predicted octanol–water partition coefficient (Wildman–Crippen LogP) is 3.63. The summed E-state index contributed by atoms with van der Waals surface area (Å²) in [5, 5.41) is 10.5. The molecular weight excluding hydrogens is 588 g/mol. The first-order chi connectivity index (χ1) is 22.0. The van der Waals surface area contributed by atoms with Gasteiger partial charge in [-0.1, -0.05) is 0 Å². The van der Waals surface area contributed by atoms with E-state index in [2.05, 4.69) is 14.9 Å². The van der Waals surface area contributed by atoms with Crippen molar-refractivity contribution in [1.82, 2.24) is 24.8 Å². The van der Waals surface area contributed by atoms with E-state index >= 15 is 0 Å². The highest BCUT2D eigenvalue weighted by Crippen LogP contribution is 2.56. The Balaban J connectivity index is 1.15. The zero-order valence-electron chi connectivity index (χ0n) is 26.7. The quantitative estimate of drug-likeness (QED) is 0.336. The fourth-order valence-corrected chi connectivity index (χ4v) is 7.00. The molecule has 4 N–H and O–H groups in total. The lowest BCUT2D eigenvalue weighted by Crippen LogP contribution is -2.70. The van der Waals surface area contributed by atoms with Crippen molar-refractivity contribution in [3.05, 3.63) is 52.8 Å². The number of carbonyl (C=O) groups is 2. The number of aromatic carboxylic acids is 1. The minimum absolute atomic E-state index is 0.250. The minimum Gasteiger partial charge on any atom is -0.492 e. The van der Waals surface area contributed by atoms with Crippen LogP contribution in [-0.4, -0.2) is 106 Å². The van der Waals surface area contributed by atoms with Gasteiger partial charge in [0.25, 0.3) is 0 Å². The number of ether oxygens (including phenoxy) is 3. The van der Waals surface area contributed by atoms with Gasteiger partial charge < -0.3 is 34.9 Å². The van der Waals surface area contributed by atoms with Crippen LogP contribution in [0.2, 0.25) is 0 Å². The van der Waals surface area contributed by atoms with E-state index in [0.717, 1.165) is 68.1 Å². The lowest BCUT2D eigenvalue weighted by atomic mass is 9.67. The number of carbonyl (C=O) groups excluding carboxylic acids is 1. The molecule has 1 saturated carbocycles. The highest BCUT2D eigenvalue weighted by atomic mass is 16.6. The summed E-state index contributed by atoms with van der Waals surface area (Å²) in [6, 6.07) is 7.73. The molecule has 12 heteroatoms. The Hall–Kier alpha value is -4.00. The number of nitrogens with one attached hydrogen (secondary N) is 1. The van der Waals surface area contributed by atoms with Crippen molar-refractivity contribution in [2.24, 2.45) is 5.73 Å². The number of carboxylic acid groups (broad SMARTS) is 1. The normalized spacial score (nSPS) is 19.9. The number of likely N-dealkylation sites (tertiary alicyclic amines) is 1. The van der Waals surface area contributed by atoms with Crippen molar-refractivity contribution < 1.29 is 28.9 Å². The minimum atomic E-state index is -1.01. The van der Waals surface area contributed by atoms with Crippen LogP contribution >= 0.6 is 0 Å². The second kappa shape index (κ2) is 11.4. The van der Waals surface area contributed by atoms with Crippen LogP contribution in [0.5, 0.6) is 5.75 Å². The largest absolute Gasteiger partial charge is 0.492 e. The zero-order valence-corrected chi connectivity index (χ0v) is 26.7. The van der Waals surface area contributed by atoms with Crippen molar-refractivity contribution in [1.29, 1.82) is 0 Å². The van der Waals surface area contributed by atoms with Crippen LogP contribution in [-0.2, 0) is 27.7 Å². The molecule has 244 valence electrons. The molecular formula is C34H42N6O6. The number of aromatic amines is 1. The van der Waals surface area contributed by atoms with Crippen molar-refractivity contribution in [2.45, 2.75) is 63.0 Å². The van der Waals surface area contributed by atoms with Gasteiger partial charge in [0, 0.05) is 55.7 Å². The van der Waals surface area contributed by atoms with Crippen molar-refractivity contribution in [3.8, 4) is 28.5 Å². The maximum absolute atomic E-state index is 12.9. The number of nitrogens with zero attached hydrogens (tertiary/aromatic N) is 4. The highest BCUT2D eigenvalue weighted by Gasteiger charge is 2.66. The molecule has 2 saturated heterocycles. The predicted molar refractivity (Wildman–Crippen MR) is 170 cm³/mol. The first-order valence-corrected chi connectivity index (χ1v) is 16.1. The Bertz CT molecular complexity index is 1650. The summed E-state index contributed by atoms with van der Waals surface area (Å²) in [6.45, 7) is 10.9. The van der Waals surface area contributed by atoms with Crippen LogP contribution in [0.4, 0.5) is 4.79 Å². The van der Waals surface area contributed by atoms with Crippen molar-refractivity contribution in [3.63, 3.8) is 0 Å². The molecule has 0 radical (unpaired) electrons. The van der Waals surface area contributed by atoms with Gasteiger partial charge in [0.1, 0.15) is 18.0 Å². The van der Waals surface area contributed by atoms with Crippen LogP contribution < -0.4 is 10.5 Å². The first-order valence-electron chi connectivity index (χ1n) is 16.1. The van der Waals surface area contributed by atoms with Crippen LogP contribution in [0.15, 0.2) is 30.5 Å². The number of carboxylic acids is 1. The summed E-state index contributed by atoms with van der Waals surface area (Å²) in [4.78, 5) is 42.9. The maximum Gasteiger partial charge on any atom is 0.410 e. The van der Waals surface area contributed by atoms with E-state index in [1.54, 1.807) is 4.90 Å². The summed E-state index contributed by atoms with van der Waals surface area (Å²) in [5.74, 6) is 0.319. The zero-order chi connectivity index (χ0) is 32.3.